The molecule has 0 aromatic heterocycles. The summed E-state index contributed by atoms with van der Waals surface area (Å²) in [6, 6.07) is 0. The second kappa shape index (κ2) is 8.64. The van der Waals surface area contributed by atoms with Crippen LogP contribution in [0.15, 0.2) is 0 Å². The van der Waals surface area contributed by atoms with E-state index in [1.807, 2.05) is 13.8 Å². The Morgan fingerprint density at radius 2 is 1.35 bits per heavy atom. The summed E-state index contributed by atoms with van der Waals surface area (Å²) in [5, 5.41) is 0. The van der Waals surface area contributed by atoms with Crippen molar-refractivity contribution in [2.75, 3.05) is 13.2 Å². The first-order valence-electron chi connectivity index (χ1n) is 8.81. The van der Waals surface area contributed by atoms with Gasteiger partial charge in [-0.1, -0.05) is 26.7 Å². The summed E-state index contributed by atoms with van der Waals surface area (Å²) < 4.78 is 22.1. The Bertz CT molecular complexity index is 370. The summed E-state index contributed by atoms with van der Waals surface area (Å²) in [4.78, 5) is 24.5. The second-order valence-corrected chi connectivity index (χ2v) is 6.24. The zero-order chi connectivity index (χ0) is 16.7. The van der Waals surface area contributed by atoms with Crippen molar-refractivity contribution < 1.29 is 28.5 Å². The van der Waals surface area contributed by atoms with Gasteiger partial charge in [0.25, 0.3) is 0 Å². The van der Waals surface area contributed by atoms with Gasteiger partial charge >= 0.3 is 11.9 Å². The molecule has 0 unspecified atom stereocenters. The van der Waals surface area contributed by atoms with Crippen LogP contribution >= 0.6 is 0 Å². The Labute approximate surface area is 137 Å². The quantitative estimate of drug-likeness (QED) is 0.504. The predicted octanol–water partition coefficient (Wildman–Crippen LogP) is 2.73. The molecule has 1 spiro atoms. The lowest BCUT2D eigenvalue weighted by atomic mass is 10.2. The van der Waals surface area contributed by atoms with E-state index in [1.54, 1.807) is 0 Å². The molecule has 1 aliphatic heterocycles. The van der Waals surface area contributed by atoms with Crippen LogP contribution in [0.3, 0.4) is 0 Å². The SMILES string of the molecule is CCCCOC(=O)[C@H]1OC2(CCCC2)O[C@@H]1C(=O)OCCCC. The maximum absolute atomic E-state index is 12.3. The van der Waals surface area contributed by atoms with E-state index in [2.05, 4.69) is 0 Å². The van der Waals surface area contributed by atoms with Crippen molar-refractivity contribution in [3.63, 3.8) is 0 Å². The largest absolute Gasteiger partial charge is 0.464 e. The minimum absolute atomic E-state index is 0.333. The van der Waals surface area contributed by atoms with Gasteiger partial charge in [-0.3, -0.25) is 0 Å². The van der Waals surface area contributed by atoms with Gasteiger partial charge in [-0.15, -0.1) is 0 Å². The molecule has 0 amide bonds. The van der Waals surface area contributed by atoms with Crippen LogP contribution in [0.5, 0.6) is 0 Å². The van der Waals surface area contributed by atoms with Crippen molar-refractivity contribution >= 4 is 11.9 Å². The molecule has 1 heterocycles. The van der Waals surface area contributed by atoms with E-state index in [9.17, 15) is 9.59 Å². The van der Waals surface area contributed by atoms with Gasteiger partial charge < -0.3 is 18.9 Å². The van der Waals surface area contributed by atoms with Crippen molar-refractivity contribution in [3.05, 3.63) is 0 Å². The van der Waals surface area contributed by atoms with Gasteiger partial charge in [0, 0.05) is 12.8 Å². The van der Waals surface area contributed by atoms with Crippen LogP contribution in [0.4, 0.5) is 0 Å². The van der Waals surface area contributed by atoms with Crippen LogP contribution in [-0.4, -0.2) is 43.1 Å². The van der Waals surface area contributed by atoms with E-state index in [1.165, 1.54) is 0 Å². The Balaban J connectivity index is 1.99. The molecule has 2 atom stereocenters. The van der Waals surface area contributed by atoms with Gasteiger partial charge in [0.05, 0.1) is 13.2 Å². The summed E-state index contributed by atoms with van der Waals surface area (Å²) in [5.41, 5.74) is 0. The fourth-order valence-electron chi connectivity index (χ4n) is 2.91. The van der Waals surface area contributed by atoms with Gasteiger partial charge in [0.1, 0.15) is 0 Å². The molecule has 2 aliphatic rings. The highest BCUT2D eigenvalue weighted by molar-refractivity contribution is 5.86. The van der Waals surface area contributed by atoms with Gasteiger partial charge in [-0.2, -0.15) is 0 Å². The molecule has 6 nitrogen and oxygen atoms in total. The summed E-state index contributed by atoms with van der Waals surface area (Å²) in [5.74, 6) is -1.87. The summed E-state index contributed by atoms with van der Waals surface area (Å²) in [6.45, 7) is 4.70. The minimum Gasteiger partial charge on any atom is -0.464 e. The number of rotatable bonds is 8. The lowest BCUT2D eigenvalue weighted by molar-refractivity contribution is -0.186. The number of ether oxygens (including phenoxy) is 4. The van der Waals surface area contributed by atoms with Gasteiger partial charge in [0.15, 0.2) is 18.0 Å². The van der Waals surface area contributed by atoms with Crippen LogP contribution < -0.4 is 0 Å². The zero-order valence-electron chi connectivity index (χ0n) is 14.2. The summed E-state index contributed by atoms with van der Waals surface area (Å²) in [7, 11) is 0. The molecule has 2 fully saturated rings. The smallest absolute Gasteiger partial charge is 0.338 e. The minimum atomic E-state index is -1.01. The molecule has 0 bridgehead atoms. The molecule has 132 valence electrons. The maximum Gasteiger partial charge on any atom is 0.338 e. The molecule has 1 aliphatic carbocycles. The summed E-state index contributed by atoms with van der Waals surface area (Å²) >= 11 is 0. The Kier molecular flexibility index (Phi) is 6.84. The molecule has 2 rings (SSSR count). The van der Waals surface area contributed by atoms with E-state index >= 15 is 0 Å². The molecule has 0 radical (unpaired) electrons. The van der Waals surface area contributed by atoms with Gasteiger partial charge in [-0.05, 0) is 25.7 Å². The Morgan fingerprint density at radius 3 is 1.74 bits per heavy atom. The molecule has 23 heavy (non-hydrogen) atoms. The van der Waals surface area contributed by atoms with Crippen LogP contribution in [0, 0.1) is 0 Å². The molecule has 1 saturated carbocycles. The number of unbranched alkanes of at least 4 members (excludes halogenated alkanes) is 2. The van der Waals surface area contributed by atoms with Crippen LogP contribution in [0.2, 0.25) is 0 Å². The number of hydrogen-bond acceptors (Lipinski definition) is 6. The fourth-order valence-corrected chi connectivity index (χ4v) is 2.91. The molecule has 0 N–H and O–H groups in total. The highest BCUT2D eigenvalue weighted by atomic mass is 16.8. The van der Waals surface area contributed by atoms with Crippen molar-refractivity contribution in [1.82, 2.24) is 0 Å². The molecule has 0 aromatic carbocycles. The van der Waals surface area contributed by atoms with E-state index in [-0.39, 0.29) is 0 Å². The van der Waals surface area contributed by atoms with Gasteiger partial charge in [0.2, 0.25) is 0 Å². The third-order valence-electron chi connectivity index (χ3n) is 4.27. The first-order chi connectivity index (χ1) is 11.1. The first kappa shape index (κ1) is 18.2. The van der Waals surface area contributed by atoms with Crippen molar-refractivity contribution in [1.29, 1.82) is 0 Å². The first-order valence-corrected chi connectivity index (χ1v) is 8.81. The zero-order valence-corrected chi connectivity index (χ0v) is 14.2. The number of esters is 2. The Morgan fingerprint density at radius 1 is 0.913 bits per heavy atom. The van der Waals surface area contributed by atoms with Crippen LogP contribution in [0.25, 0.3) is 0 Å². The third-order valence-corrected chi connectivity index (χ3v) is 4.27. The standard InChI is InChI=1S/C17H28O6/c1-3-5-11-20-15(18)13-14(16(19)21-12-6-4-2)23-17(22-13)9-7-8-10-17/h13-14H,3-12H2,1-2H3/t13-,14-/m0/s1. The van der Waals surface area contributed by atoms with Crippen molar-refractivity contribution in [3.8, 4) is 0 Å². The Hall–Kier alpha value is -1.14. The van der Waals surface area contributed by atoms with Crippen molar-refractivity contribution in [2.45, 2.75) is 83.2 Å². The number of carbonyl (C=O) groups is 2. The third kappa shape index (κ3) is 4.67. The van der Waals surface area contributed by atoms with E-state index < -0.39 is 29.9 Å². The maximum atomic E-state index is 12.3. The molecular formula is C17H28O6. The lowest BCUT2D eigenvalue weighted by Gasteiger charge is -2.21. The van der Waals surface area contributed by atoms with E-state index in [0.29, 0.717) is 26.1 Å². The molecule has 1 saturated heterocycles. The average molecular weight is 328 g/mol. The van der Waals surface area contributed by atoms with Crippen LogP contribution in [-0.2, 0) is 28.5 Å². The number of carbonyl (C=O) groups excluding carboxylic acids is 2. The normalized spacial score (nSPS) is 25.7. The monoisotopic (exact) mass is 328 g/mol. The highest BCUT2D eigenvalue weighted by Gasteiger charge is 2.55. The van der Waals surface area contributed by atoms with E-state index in [4.69, 9.17) is 18.9 Å². The number of hydrogen-bond donors (Lipinski definition) is 0. The summed E-state index contributed by atoms with van der Waals surface area (Å²) in [6.07, 6.45) is 4.74. The fraction of sp³-hybridized carbons (Fsp3) is 0.882. The highest BCUT2D eigenvalue weighted by Crippen LogP contribution is 2.42. The average Bonchev–Trinajstić information content (AvgIpc) is 3.15. The van der Waals surface area contributed by atoms with E-state index in [0.717, 1.165) is 38.5 Å². The van der Waals surface area contributed by atoms with Crippen molar-refractivity contribution in [2.24, 2.45) is 0 Å². The lowest BCUT2D eigenvalue weighted by Crippen LogP contribution is -2.39. The molecular weight excluding hydrogens is 300 g/mol. The van der Waals surface area contributed by atoms with Gasteiger partial charge in [-0.25, -0.2) is 9.59 Å². The molecule has 0 aromatic rings. The second-order valence-electron chi connectivity index (χ2n) is 6.24. The van der Waals surface area contributed by atoms with Crippen LogP contribution in [0.1, 0.15) is 65.2 Å². The predicted molar refractivity (Wildman–Crippen MR) is 82.7 cm³/mol. The molecule has 6 heteroatoms. The topological polar surface area (TPSA) is 71.1 Å².